The van der Waals surface area contributed by atoms with Gasteiger partial charge in [-0.2, -0.15) is 0 Å². The van der Waals surface area contributed by atoms with Crippen molar-refractivity contribution in [1.29, 1.82) is 0 Å². The van der Waals surface area contributed by atoms with Crippen molar-refractivity contribution in [3.8, 4) is 0 Å². The molecule has 0 aromatic rings. The number of hydrogen-bond donors (Lipinski definition) is 6. The van der Waals surface area contributed by atoms with Gasteiger partial charge in [-0.3, -0.25) is 4.18 Å². The van der Waals surface area contributed by atoms with Crippen LogP contribution in [0.2, 0.25) is 0 Å². The molecule has 5 aliphatic rings. The molecule has 50 heavy (non-hydrogen) atoms. The number of aliphatic hydroxyl groups excluding tert-OH is 5. The van der Waals surface area contributed by atoms with Crippen molar-refractivity contribution in [3.05, 3.63) is 11.6 Å². The van der Waals surface area contributed by atoms with Gasteiger partial charge >= 0.3 is 29.6 Å². The van der Waals surface area contributed by atoms with Crippen molar-refractivity contribution < 1.29 is 91.6 Å². The van der Waals surface area contributed by atoms with Crippen LogP contribution in [0.15, 0.2) is 11.6 Å². The monoisotopic (exact) mass is 742 g/mol. The topological polar surface area (TPSA) is 215 Å². The minimum Gasteiger partial charge on any atom is -0.726 e. The third-order valence-electron chi connectivity index (χ3n) is 13.5. The Labute approximate surface area is 319 Å². The van der Waals surface area contributed by atoms with Gasteiger partial charge in [0.2, 0.25) is 10.4 Å². The summed E-state index contributed by atoms with van der Waals surface area (Å²) >= 11 is 0. The average Bonchev–Trinajstić information content (AvgIpc) is 3.22. The minimum absolute atomic E-state index is 0. The van der Waals surface area contributed by atoms with E-state index in [2.05, 4.69) is 13.8 Å². The molecular formula is C35H59NaO13S. The maximum atomic E-state index is 12.9. The summed E-state index contributed by atoms with van der Waals surface area (Å²) in [6.07, 6.45) is -2.72. The van der Waals surface area contributed by atoms with Gasteiger partial charge < -0.3 is 49.4 Å². The first-order valence-electron chi connectivity index (χ1n) is 18.0. The summed E-state index contributed by atoms with van der Waals surface area (Å²) in [5.41, 5.74) is -2.50. The van der Waals surface area contributed by atoms with E-state index in [1.807, 2.05) is 26.8 Å². The van der Waals surface area contributed by atoms with Gasteiger partial charge in [-0.05, 0) is 84.5 Å². The Morgan fingerprint density at radius 1 is 1.02 bits per heavy atom. The Hall–Kier alpha value is 0.250. The molecule has 5 rings (SSSR count). The van der Waals surface area contributed by atoms with Crippen molar-refractivity contribution in [3.63, 3.8) is 0 Å². The molecule has 0 aromatic carbocycles. The largest absolute Gasteiger partial charge is 1.00 e. The summed E-state index contributed by atoms with van der Waals surface area (Å²) in [6.45, 7) is 10.1. The van der Waals surface area contributed by atoms with Crippen molar-refractivity contribution in [2.45, 2.75) is 141 Å². The van der Waals surface area contributed by atoms with Crippen LogP contribution in [0, 0.1) is 46.3 Å². The average molecular weight is 743 g/mol. The molecule has 0 radical (unpaired) electrons. The van der Waals surface area contributed by atoms with E-state index in [0.717, 1.165) is 6.42 Å². The van der Waals surface area contributed by atoms with Gasteiger partial charge in [0, 0.05) is 26.1 Å². The fourth-order valence-electron chi connectivity index (χ4n) is 11.2. The molecule has 15 heteroatoms. The zero-order valence-electron chi connectivity index (χ0n) is 30.7. The maximum Gasteiger partial charge on any atom is 1.00 e. The predicted octanol–water partition coefficient (Wildman–Crippen LogP) is -1.37. The molecule has 13 nitrogen and oxygen atoms in total. The molecule has 16 atom stereocenters. The fourth-order valence-corrected chi connectivity index (χ4v) is 11.7. The maximum absolute atomic E-state index is 12.9. The van der Waals surface area contributed by atoms with Gasteiger partial charge in [0.05, 0.1) is 30.5 Å². The second-order valence-corrected chi connectivity index (χ2v) is 17.6. The third kappa shape index (κ3) is 7.84. The Kier molecular flexibility index (Phi) is 13.9. The van der Waals surface area contributed by atoms with Gasteiger partial charge in [0.25, 0.3) is 0 Å². The van der Waals surface area contributed by atoms with Crippen LogP contribution >= 0.6 is 0 Å². The first kappa shape index (κ1) is 43.0. The van der Waals surface area contributed by atoms with Crippen LogP contribution in [0.1, 0.15) is 86.0 Å². The Bertz CT molecular complexity index is 1300. The van der Waals surface area contributed by atoms with Crippen molar-refractivity contribution in [2.24, 2.45) is 46.3 Å². The molecule has 284 valence electrons. The van der Waals surface area contributed by atoms with Gasteiger partial charge in [-0.1, -0.05) is 47.1 Å². The molecule has 1 saturated heterocycles. The first-order chi connectivity index (χ1) is 22.8. The van der Waals surface area contributed by atoms with Crippen LogP contribution in [-0.2, 0) is 28.8 Å². The smallest absolute Gasteiger partial charge is 0.726 e. The van der Waals surface area contributed by atoms with Crippen LogP contribution in [0.25, 0.3) is 0 Å². The van der Waals surface area contributed by atoms with E-state index in [9.17, 15) is 43.6 Å². The number of rotatable bonds is 12. The van der Waals surface area contributed by atoms with Gasteiger partial charge in [-0.25, -0.2) is 8.42 Å². The molecule has 4 fully saturated rings. The van der Waals surface area contributed by atoms with Crippen LogP contribution in [-0.4, -0.2) is 119 Å². The number of methoxy groups -OCH3 is 1. The fraction of sp³-hybridized carbons (Fsp3) is 0.943. The minimum atomic E-state index is -5.26. The number of aliphatic hydroxyl groups is 6. The second kappa shape index (κ2) is 16.2. The van der Waals surface area contributed by atoms with E-state index in [0.29, 0.717) is 50.0 Å². The van der Waals surface area contributed by atoms with E-state index in [1.165, 1.54) is 7.11 Å². The molecular weight excluding hydrogens is 683 g/mol. The molecule has 4 aliphatic carbocycles. The van der Waals surface area contributed by atoms with E-state index in [4.69, 9.17) is 18.4 Å². The van der Waals surface area contributed by atoms with E-state index >= 15 is 0 Å². The number of fused-ring (bicyclic) bond motifs is 5. The second-order valence-electron chi connectivity index (χ2n) is 16.6. The molecule has 3 saturated carbocycles. The van der Waals surface area contributed by atoms with Crippen molar-refractivity contribution in [2.75, 3.05) is 20.3 Å². The normalized spacial score (nSPS) is 45.9. The molecule has 1 aliphatic heterocycles. The van der Waals surface area contributed by atoms with Crippen molar-refractivity contribution >= 4 is 10.4 Å². The molecule has 0 bridgehead atoms. The van der Waals surface area contributed by atoms with Gasteiger partial charge in [-0.15, -0.1) is 0 Å². The first-order valence-corrected chi connectivity index (χ1v) is 19.4. The van der Waals surface area contributed by atoms with Crippen molar-refractivity contribution in [1.82, 2.24) is 0 Å². The predicted molar refractivity (Wildman–Crippen MR) is 175 cm³/mol. The third-order valence-corrected chi connectivity index (χ3v) is 14.0. The SMILES string of the molecule is COC1C(O[C@@H]2C=C3[C@H](O)C[C@]4(O)C(CC[C@@]5(C)C4[C@@H](OS(=O)(=O)[O-])[C@H](O)[C@@H]5[C@H](C)CC[C@H](CCO)C(C)C)[C@@]3(C)CC2)OCC(O)C1O.[Na+]. The summed E-state index contributed by atoms with van der Waals surface area (Å²) < 4.78 is 58.8. The summed E-state index contributed by atoms with van der Waals surface area (Å²) in [7, 11) is -3.86. The Morgan fingerprint density at radius 3 is 2.30 bits per heavy atom. The summed E-state index contributed by atoms with van der Waals surface area (Å²) in [4.78, 5) is 0. The molecule has 6 unspecified atom stereocenters. The number of ether oxygens (including phenoxy) is 3. The molecule has 0 spiro atoms. The van der Waals surface area contributed by atoms with Crippen LogP contribution < -0.4 is 29.6 Å². The zero-order valence-corrected chi connectivity index (χ0v) is 33.5. The summed E-state index contributed by atoms with van der Waals surface area (Å²) in [5.74, 6) is -1.38. The zero-order chi connectivity index (χ0) is 36.3. The van der Waals surface area contributed by atoms with E-state index < -0.39 is 93.6 Å². The molecule has 1 heterocycles. The quantitative estimate of drug-likeness (QED) is 0.0590. The summed E-state index contributed by atoms with van der Waals surface area (Å²) in [6, 6.07) is 0. The van der Waals surface area contributed by atoms with Gasteiger partial charge in [0.15, 0.2) is 6.29 Å². The van der Waals surface area contributed by atoms with Crippen LogP contribution in [0.4, 0.5) is 0 Å². The molecule has 0 amide bonds. The Morgan fingerprint density at radius 2 is 1.70 bits per heavy atom. The molecule has 6 N–H and O–H groups in total. The number of hydrogen-bond acceptors (Lipinski definition) is 13. The Balaban J connectivity index is 0.00000562. The summed E-state index contributed by atoms with van der Waals surface area (Å²) in [5, 5.41) is 66.5. The van der Waals surface area contributed by atoms with E-state index in [1.54, 1.807) is 0 Å². The van der Waals surface area contributed by atoms with Crippen LogP contribution in [0.3, 0.4) is 0 Å². The molecule has 0 aromatic heterocycles. The van der Waals surface area contributed by atoms with Gasteiger partial charge in [0.1, 0.15) is 24.4 Å². The standard InChI is InChI=1S/C35H60O13S.Na/c1-18(2)20(11-14-36)8-7-19(3)26-28(40)29(48-49(42,43)44)31-34(26,5)13-10-25-33(4)12-9-21(15-22(33)23(37)16-35(25,31)41)47-32-30(45-6)27(39)24(38)17-46-32;/h15,18-21,23-32,36-41H,7-14,16-17H2,1-6H3,(H,42,43,44);/q;+1/p-1/t19-,20-,21+,23-,24?,25?,26+,27?,28-,29+,30?,31?,32?,33+,34-,35+;/m1./s1. The van der Waals surface area contributed by atoms with E-state index in [-0.39, 0.29) is 61.0 Å². The van der Waals surface area contributed by atoms with Crippen LogP contribution in [0.5, 0.6) is 0 Å².